The monoisotopic (exact) mass is 209 g/mol. The standard InChI is InChI=1S/C5H7NO6S/c1-12-5(9)6-3(4(7)8)2-13(10)11/h2-3H,1H3,(H,6,9)(H,7,8). The topological polar surface area (TPSA) is 110 Å². The van der Waals surface area contributed by atoms with Gasteiger partial charge in [-0.15, -0.1) is 0 Å². The fourth-order valence-electron chi connectivity index (χ4n) is 0.451. The first-order valence-corrected chi connectivity index (χ1v) is 4.11. The van der Waals surface area contributed by atoms with Crippen molar-refractivity contribution >= 4 is 27.7 Å². The molecular weight excluding hydrogens is 202 g/mol. The van der Waals surface area contributed by atoms with Crippen molar-refractivity contribution in [3.63, 3.8) is 0 Å². The van der Waals surface area contributed by atoms with Crippen molar-refractivity contribution in [1.29, 1.82) is 0 Å². The fraction of sp³-hybridized carbons (Fsp3) is 0.400. The molecule has 0 aliphatic carbocycles. The second-order valence-electron chi connectivity index (χ2n) is 1.85. The highest BCUT2D eigenvalue weighted by Crippen LogP contribution is 1.81. The predicted octanol–water partition coefficient (Wildman–Crippen LogP) is -1.52. The van der Waals surface area contributed by atoms with Gasteiger partial charge >= 0.3 is 12.1 Å². The van der Waals surface area contributed by atoms with E-state index in [1.165, 1.54) is 0 Å². The number of carbonyl (C=O) groups excluding carboxylic acids is 1. The quantitative estimate of drug-likeness (QED) is 0.546. The van der Waals surface area contributed by atoms with Crippen molar-refractivity contribution in [3.8, 4) is 0 Å². The number of carbonyl (C=O) groups is 2. The van der Waals surface area contributed by atoms with E-state index >= 15 is 0 Å². The van der Waals surface area contributed by atoms with E-state index < -0.39 is 28.4 Å². The average molecular weight is 209 g/mol. The Hall–Kier alpha value is -1.57. The Morgan fingerprint density at radius 1 is 1.54 bits per heavy atom. The molecule has 7 nitrogen and oxygen atoms in total. The Bertz CT molecular complexity index is 323. The van der Waals surface area contributed by atoms with Crippen LogP contribution in [0.25, 0.3) is 0 Å². The van der Waals surface area contributed by atoms with Gasteiger partial charge in [-0.1, -0.05) is 0 Å². The molecule has 0 aromatic rings. The first-order valence-electron chi connectivity index (χ1n) is 2.97. The smallest absolute Gasteiger partial charge is 0.407 e. The molecule has 0 spiro atoms. The molecule has 0 fully saturated rings. The van der Waals surface area contributed by atoms with E-state index in [1.54, 1.807) is 5.32 Å². The van der Waals surface area contributed by atoms with Gasteiger partial charge in [-0.05, 0) is 0 Å². The molecule has 0 aromatic carbocycles. The number of carboxylic acid groups (broad SMARTS) is 1. The van der Waals surface area contributed by atoms with Crippen molar-refractivity contribution < 1.29 is 27.9 Å². The van der Waals surface area contributed by atoms with Crippen LogP contribution in [-0.2, 0) is 19.8 Å². The van der Waals surface area contributed by atoms with Gasteiger partial charge in [-0.25, -0.2) is 9.59 Å². The second-order valence-corrected chi connectivity index (χ2v) is 2.64. The number of hydrogen-bond acceptors (Lipinski definition) is 5. The Labute approximate surface area is 74.8 Å². The summed E-state index contributed by atoms with van der Waals surface area (Å²) in [5.41, 5.74) is 0. The first kappa shape index (κ1) is 11.4. The van der Waals surface area contributed by atoms with Gasteiger partial charge in [-0.2, -0.15) is 8.42 Å². The van der Waals surface area contributed by atoms with Crippen LogP contribution in [0.5, 0.6) is 0 Å². The summed E-state index contributed by atoms with van der Waals surface area (Å²) < 4.78 is 24.2. The third-order valence-electron chi connectivity index (χ3n) is 0.972. The van der Waals surface area contributed by atoms with Crippen LogP contribution in [0, 0.1) is 0 Å². The van der Waals surface area contributed by atoms with Crippen LogP contribution in [0.3, 0.4) is 0 Å². The second kappa shape index (κ2) is 5.14. The average Bonchev–Trinajstić information content (AvgIpc) is 2.02. The van der Waals surface area contributed by atoms with Gasteiger partial charge in [0.15, 0.2) is 6.04 Å². The van der Waals surface area contributed by atoms with Crippen LogP contribution >= 0.6 is 0 Å². The Kier molecular flexibility index (Phi) is 4.52. The summed E-state index contributed by atoms with van der Waals surface area (Å²) in [6.45, 7) is 0. The van der Waals surface area contributed by atoms with E-state index in [2.05, 4.69) is 4.74 Å². The van der Waals surface area contributed by atoms with Crippen LogP contribution in [0.1, 0.15) is 0 Å². The summed E-state index contributed by atoms with van der Waals surface area (Å²) >= 11 is 0. The maximum absolute atomic E-state index is 10.5. The Morgan fingerprint density at radius 2 is 2.08 bits per heavy atom. The minimum absolute atomic E-state index is 0.430. The number of ether oxygens (including phenoxy) is 1. The molecule has 1 unspecified atom stereocenters. The molecular formula is C5H7NO6S. The molecule has 2 N–H and O–H groups in total. The number of methoxy groups -OCH3 is 1. The molecule has 0 rings (SSSR count). The van der Waals surface area contributed by atoms with E-state index in [9.17, 15) is 18.0 Å². The Morgan fingerprint density at radius 3 is 2.38 bits per heavy atom. The van der Waals surface area contributed by atoms with Crippen molar-refractivity contribution in [2.45, 2.75) is 6.04 Å². The first-order chi connectivity index (χ1) is 5.97. The van der Waals surface area contributed by atoms with Gasteiger partial charge in [0.1, 0.15) is 0 Å². The molecule has 1 atom stereocenters. The number of alkyl carbamates (subject to hydrolysis) is 1. The van der Waals surface area contributed by atoms with Crippen molar-refractivity contribution in [2.75, 3.05) is 7.11 Å². The van der Waals surface area contributed by atoms with E-state index in [0.717, 1.165) is 7.11 Å². The zero-order valence-corrected chi connectivity index (χ0v) is 7.37. The van der Waals surface area contributed by atoms with Gasteiger partial charge in [0.25, 0.3) is 0 Å². The number of carboxylic acids is 1. The highest BCUT2D eigenvalue weighted by atomic mass is 32.2. The van der Waals surface area contributed by atoms with Gasteiger partial charge < -0.3 is 15.2 Å². The number of aliphatic carboxylic acids is 1. The van der Waals surface area contributed by atoms with E-state index in [-0.39, 0.29) is 0 Å². The molecule has 0 heterocycles. The number of amides is 1. The van der Waals surface area contributed by atoms with Crippen LogP contribution < -0.4 is 5.32 Å². The zero-order valence-electron chi connectivity index (χ0n) is 6.55. The van der Waals surface area contributed by atoms with Gasteiger partial charge in [0, 0.05) is 0 Å². The van der Waals surface area contributed by atoms with E-state index in [0.29, 0.717) is 5.37 Å². The van der Waals surface area contributed by atoms with Crippen LogP contribution in [0.2, 0.25) is 0 Å². The molecule has 0 saturated carbocycles. The molecule has 1 amide bonds. The highest BCUT2D eigenvalue weighted by molar-refractivity contribution is 7.71. The Balaban J connectivity index is 4.55. The third-order valence-corrected chi connectivity index (χ3v) is 1.47. The number of nitrogens with one attached hydrogen (secondary N) is 1. The van der Waals surface area contributed by atoms with Crippen LogP contribution in [0.4, 0.5) is 4.79 Å². The van der Waals surface area contributed by atoms with Crippen LogP contribution in [0.15, 0.2) is 0 Å². The maximum Gasteiger partial charge on any atom is 0.407 e. The molecule has 13 heavy (non-hydrogen) atoms. The molecule has 74 valence electrons. The van der Waals surface area contributed by atoms with Crippen molar-refractivity contribution in [2.24, 2.45) is 0 Å². The van der Waals surface area contributed by atoms with Crippen molar-refractivity contribution in [3.05, 3.63) is 0 Å². The molecule has 0 aliphatic heterocycles. The third kappa shape index (κ3) is 4.80. The summed E-state index contributed by atoms with van der Waals surface area (Å²) in [5.74, 6) is -1.49. The summed E-state index contributed by atoms with van der Waals surface area (Å²) in [4.78, 5) is 20.8. The summed E-state index contributed by atoms with van der Waals surface area (Å²) in [6.07, 6.45) is -1.02. The lowest BCUT2D eigenvalue weighted by Gasteiger charge is -2.06. The van der Waals surface area contributed by atoms with Gasteiger partial charge in [0.2, 0.25) is 10.3 Å². The summed E-state index contributed by atoms with van der Waals surface area (Å²) in [6, 6.07) is -1.61. The van der Waals surface area contributed by atoms with Gasteiger partial charge in [-0.3, -0.25) is 0 Å². The predicted molar refractivity (Wildman–Crippen MR) is 41.9 cm³/mol. The normalized spacial score (nSPS) is 11.2. The molecule has 0 saturated heterocycles. The maximum atomic E-state index is 10.5. The lowest BCUT2D eigenvalue weighted by atomic mass is 10.3. The largest absolute Gasteiger partial charge is 0.479 e. The highest BCUT2D eigenvalue weighted by Gasteiger charge is 2.17. The minimum Gasteiger partial charge on any atom is -0.479 e. The number of hydrogen-bond donors (Lipinski definition) is 2. The van der Waals surface area contributed by atoms with Crippen molar-refractivity contribution in [1.82, 2.24) is 5.32 Å². The molecule has 0 bridgehead atoms. The lowest BCUT2D eigenvalue weighted by molar-refractivity contribution is -0.137. The zero-order chi connectivity index (χ0) is 10.4. The fourth-order valence-corrected chi connectivity index (χ4v) is 0.858. The summed E-state index contributed by atoms with van der Waals surface area (Å²) in [5, 5.41) is 10.6. The molecule has 0 radical (unpaired) electrons. The molecule has 0 aliphatic rings. The minimum atomic E-state index is -2.66. The summed E-state index contributed by atoms with van der Waals surface area (Å²) in [7, 11) is -1.63. The molecule has 0 aromatic heterocycles. The van der Waals surface area contributed by atoms with Crippen LogP contribution in [-0.4, -0.2) is 44.1 Å². The number of rotatable bonds is 3. The van der Waals surface area contributed by atoms with E-state index in [1.807, 2.05) is 0 Å². The van der Waals surface area contributed by atoms with Gasteiger partial charge in [0.05, 0.1) is 12.5 Å². The lowest BCUT2D eigenvalue weighted by Crippen LogP contribution is -2.42. The van der Waals surface area contributed by atoms with E-state index in [4.69, 9.17) is 5.11 Å². The SMILES string of the molecule is COC(=O)NC(C=S(=O)=O)C(=O)O. The molecule has 8 heteroatoms.